The molecule has 0 fully saturated rings. The average molecular weight is 461 g/mol. The molecule has 0 atom stereocenters. The standard InChI is InChI=1S/C24H19N3O5S/c28-24(25-20-15-14-18-8-4-5-9-19(18)16-20)17-26(21-10-2-1-3-11-21)33(31,32)23-13-7-6-12-22(23)27(29)30/h1-16H,17H2,(H,25,28). The first-order valence-electron chi connectivity index (χ1n) is 9.96. The fraction of sp³-hybridized carbons (Fsp3) is 0.0417. The topological polar surface area (TPSA) is 110 Å². The summed E-state index contributed by atoms with van der Waals surface area (Å²) in [6.45, 7) is -0.564. The molecule has 0 aliphatic rings. The molecule has 4 aromatic rings. The van der Waals surface area contributed by atoms with Crippen molar-refractivity contribution in [1.82, 2.24) is 0 Å². The zero-order chi connectivity index (χ0) is 23.4. The van der Waals surface area contributed by atoms with Crippen LogP contribution in [0.3, 0.4) is 0 Å². The lowest BCUT2D eigenvalue weighted by atomic mass is 10.1. The van der Waals surface area contributed by atoms with E-state index in [0.29, 0.717) is 5.69 Å². The maximum atomic E-state index is 13.5. The van der Waals surface area contributed by atoms with Crippen LogP contribution < -0.4 is 9.62 Å². The first kappa shape index (κ1) is 22.0. The van der Waals surface area contributed by atoms with Gasteiger partial charge in [-0.05, 0) is 41.1 Å². The second-order valence-corrected chi connectivity index (χ2v) is 9.01. The van der Waals surface area contributed by atoms with Crippen molar-refractivity contribution in [3.8, 4) is 0 Å². The van der Waals surface area contributed by atoms with Gasteiger partial charge in [0, 0.05) is 11.8 Å². The maximum absolute atomic E-state index is 13.5. The number of benzene rings is 4. The summed E-state index contributed by atoms with van der Waals surface area (Å²) in [6, 6.07) is 26.1. The van der Waals surface area contributed by atoms with E-state index in [-0.39, 0.29) is 5.69 Å². The van der Waals surface area contributed by atoms with Crippen LogP contribution in [-0.2, 0) is 14.8 Å². The maximum Gasteiger partial charge on any atom is 0.289 e. The van der Waals surface area contributed by atoms with Crippen LogP contribution in [0.4, 0.5) is 17.1 Å². The van der Waals surface area contributed by atoms with Gasteiger partial charge >= 0.3 is 0 Å². The van der Waals surface area contributed by atoms with Crippen LogP contribution in [0, 0.1) is 10.1 Å². The summed E-state index contributed by atoms with van der Waals surface area (Å²) in [6.07, 6.45) is 0. The molecule has 4 rings (SSSR count). The SMILES string of the molecule is O=C(CN(c1ccccc1)S(=O)(=O)c1ccccc1[N+](=O)[O-])Nc1ccc2ccccc2c1. The third-order valence-corrected chi connectivity index (χ3v) is 6.82. The Morgan fingerprint density at radius 3 is 2.21 bits per heavy atom. The van der Waals surface area contributed by atoms with Gasteiger partial charge in [0.25, 0.3) is 15.7 Å². The van der Waals surface area contributed by atoms with Crippen LogP contribution in [0.15, 0.2) is 102 Å². The van der Waals surface area contributed by atoms with E-state index >= 15 is 0 Å². The monoisotopic (exact) mass is 461 g/mol. The summed E-state index contributed by atoms with van der Waals surface area (Å²) in [4.78, 5) is 23.1. The normalized spacial score (nSPS) is 11.2. The molecule has 0 spiro atoms. The Morgan fingerprint density at radius 2 is 1.48 bits per heavy atom. The van der Waals surface area contributed by atoms with Crippen molar-refractivity contribution < 1.29 is 18.1 Å². The van der Waals surface area contributed by atoms with Crippen LogP contribution in [0.25, 0.3) is 10.8 Å². The molecule has 0 radical (unpaired) electrons. The summed E-state index contributed by atoms with van der Waals surface area (Å²) in [7, 11) is -4.42. The number of hydrogen-bond donors (Lipinski definition) is 1. The first-order chi connectivity index (χ1) is 15.9. The van der Waals surface area contributed by atoms with Gasteiger partial charge in [0.1, 0.15) is 6.54 Å². The van der Waals surface area contributed by atoms with E-state index in [1.165, 1.54) is 24.3 Å². The molecule has 0 aliphatic heterocycles. The number of rotatable bonds is 7. The number of para-hydroxylation sites is 2. The number of sulfonamides is 1. The van der Waals surface area contributed by atoms with E-state index in [2.05, 4.69) is 5.32 Å². The van der Waals surface area contributed by atoms with Crippen LogP contribution in [0.1, 0.15) is 0 Å². The van der Waals surface area contributed by atoms with Gasteiger partial charge in [-0.1, -0.05) is 60.7 Å². The minimum atomic E-state index is -4.42. The van der Waals surface area contributed by atoms with Gasteiger partial charge in [0.05, 0.1) is 10.6 Å². The zero-order valence-corrected chi connectivity index (χ0v) is 18.1. The molecule has 0 heterocycles. The number of hydrogen-bond acceptors (Lipinski definition) is 5. The quantitative estimate of drug-likeness (QED) is 0.320. The molecule has 33 heavy (non-hydrogen) atoms. The third kappa shape index (κ3) is 4.68. The van der Waals surface area contributed by atoms with E-state index < -0.39 is 38.0 Å². The van der Waals surface area contributed by atoms with Crippen molar-refractivity contribution in [3.05, 3.63) is 107 Å². The van der Waals surface area contributed by atoms with E-state index in [0.717, 1.165) is 27.2 Å². The molecule has 8 nitrogen and oxygen atoms in total. The van der Waals surface area contributed by atoms with Crippen LogP contribution in [-0.4, -0.2) is 25.8 Å². The molecule has 0 bridgehead atoms. The van der Waals surface area contributed by atoms with Crippen molar-refractivity contribution in [1.29, 1.82) is 0 Å². The Hall–Kier alpha value is -4.24. The highest BCUT2D eigenvalue weighted by Crippen LogP contribution is 2.29. The second kappa shape index (κ2) is 9.09. The Balaban J connectivity index is 1.68. The lowest BCUT2D eigenvalue weighted by Crippen LogP contribution is -2.38. The first-order valence-corrected chi connectivity index (χ1v) is 11.4. The summed E-state index contributed by atoms with van der Waals surface area (Å²) in [5.41, 5.74) is 0.160. The smallest absolute Gasteiger partial charge is 0.289 e. The van der Waals surface area contributed by atoms with Crippen LogP contribution >= 0.6 is 0 Å². The van der Waals surface area contributed by atoms with E-state index in [9.17, 15) is 23.3 Å². The number of nitro benzene ring substituents is 1. The van der Waals surface area contributed by atoms with Gasteiger partial charge in [-0.25, -0.2) is 8.42 Å². The van der Waals surface area contributed by atoms with E-state index in [4.69, 9.17) is 0 Å². The number of carbonyl (C=O) groups excluding carboxylic acids is 1. The number of anilines is 2. The Morgan fingerprint density at radius 1 is 0.848 bits per heavy atom. The van der Waals surface area contributed by atoms with Crippen molar-refractivity contribution in [2.45, 2.75) is 4.90 Å². The Kier molecular flexibility index (Phi) is 6.05. The van der Waals surface area contributed by atoms with Crippen molar-refractivity contribution in [3.63, 3.8) is 0 Å². The molecule has 0 unspecified atom stereocenters. The minimum Gasteiger partial charge on any atom is -0.324 e. The summed E-state index contributed by atoms with van der Waals surface area (Å²) in [5, 5.41) is 16.1. The third-order valence-electron chi connectivity index (χ3n) is 4.99. The zero-order valence-electron chi connectivity index (χ0n) is 17.3. The molecular formula is C24H19N3O5S. The van der Waals surface area contributed by atoms with Gasteiger partial charge in [-0.2, -0.15) is 0 Å². The number of nitrogens with zero attached hydrogens (tertiary/aromatic N) is 2. The van der Waals surface area contributed by atoms with Gasteiger partial charge in [-0.15, -0.1) is 0 Å². The number of carbonyl (C=O) groups is 1. The Labute approximate surface area is 190 Å². The molecule has 0 aromatic heterocycles. The molecule has 166 valence electrons. The van der Waals surface area contributed by atoms with Gasteiger partial charge < -0.3 is 5.32 Å². The average Bonchev–Trinajstić information content (AvgIpc) is 2.83. The molecule has 1 N–H and O–H groups in total. The van der Waals surface area contributed by atoms with Gasteiger partial charge in [0.2, 0.25) is 5.91 Å². The number of nitrogens with one attached hydrogen (secondary N) is 1. The molecule has 1 amide bonds. The molecule has 4 aromatic carbocycles. The lowest BCUT2D eigenvalue weighted by Gasteiger charge is -2.24. The van der Waals surface area contributed by atoms with Crippen LogP contribution in [0.5, 0.6) is 0 Å². The predicted octanol–water partition coefficient (Wildman–Crippen LogP) is 4.58. The summed E-state index contributed by atoms with van der Waals surface area (Å²) in [5.74, 6) is -0.587. The molecule has 0 saturated heterocycles. The Bertz CT molecular complexity index is 1440. The molecule has 0 aliphatic carbocycles. The van der Waals surface area contributed by atoms with Gasteiger partial charge in [0.15, 0.2) is 4.90 Å². The predicted molar refractivity (Wildman–Crippen MR) is 127 cm³/mol. The van der Waals surface area contributed by atoms with E-state index in [1.54, 1.807) is 30.3 Å². The highest BCUT2D eigenvalue weighted by Gasteiger charge is 2.33. The number of nitro groups is 1. The number of fused-ring (bicyclic) bond motifs is 1. The highest BCUT2D eigenvalue weighted by atomic mass is 32.2. The number of amides is 1. The summed E-state index contributed by atoms with van der Waals surface area (Å²) >= 11 is 0. The molecule has 9 heteroatoms. The summed E-state index contributed by atoms with van der Waals surface area (Å²) < 4.78 is 27.8. The van der Waals surface area contributed by atoms with Gasteiger partial charge in [-0.3, -0.25) is 19.2 Å². The largest absolute Gasteiger partial charge is 0.324 e. The van der Waals surface area contributed by atoms with Crippen molar-refractivity contribution >= 4 is 43.8 Å². The lowest BCUT2D eigenvalue weighted by molar-refractivity contribution is -0.387. The molecule has 0 saturated carbocycles. The fourth-order valence-corrected chi connectivity index (χ4v) is 5.03. The minimum absolute atomic E-state index is 0.212. The molecular weight excluding hydrogens is 442 g/mol. The van der Waals surface area contributed by atoms with Crippen molar-refractivity contribution in [2.24, 2.45) is 0 Å². The fourth-order valence-electron chi connectivity index (χ4n) is 3.45. The highest BCUT2D eigenvalue weighted by molar-refractivity contribution is 7.93. The second-order valence-electron chi connectivity index (χ2n) is 7.18. The van der Waals surface area contributed by atoms with Crippen molar-refractivity contribution in [2.75, 3.05) is 16.2 Å². The van der Waals surface area contributed by atoms with Crippen LogP contribution in [0.2, 0.25) is 0 Å². The van der Waals surface area contributed by atoms with E-state index in [1.807, 2.05) is 30.3 Å².